The molecule has 148 valence electrons. The summed E-state index contributed by atoms with van der Waals surface area (Å²) in [5, 5.41) is 13.8. The topological polar surface area (TPSA) is 96.1 Å². The minimum atomic E-state index is -0.591. The number of hydrogen-bond acceptors (Lipinski definition) is 4. The van der Waals surface area contributed by atoms with Crippen molar-refractivity contribution in [2.45, 2.75) is 26.4 Å². The maximum Gasteiger partial charge on any atom is 0.412 e. The zero-order valence-electron chi connectivity index (χ0n) is 16.1. The molecule has 0 bridgehead atoms. The zero-order valence-corrected chi connectivity index (χ0v) is 18.2. The van der Waals surface area contributed by atoms with Crippen LogP contribution in [0.1, 0.15) is 31.9 Å². The molecule has 3 aromatic rings. The summed E-state index contributed by atoms with van der Waals surface area (Å²) < 4.78 is 6.19. The maximum absolute atomic E-state index is 12.5. The van der Waals surface area contributed by atoms with Gasteiger partial charge in [-0.3, -0.25) is 15.2 Å². The lowest BCUT2D eigenvalue weighted by Gasteiger charge is -2.19. The van der Waals surface area contributed by atoms with E-state index in [9.17, 15) is 9.59 Å². The van der Waals surface area contributed by atoms with Gasteiger partial charge in [-0.1, -0.05) is 6.07 Å². The van der Waals surface area contributed by atoms with E-state index in [1.165, 1.54) is 0 Å². The first-order valence-electron chi connectivity index (χ1n) is 9.01. The molecule has 0 saturated heterocycles. The Bertz CT molecular complexity index is 1170. The molecule has 4 rings (SSSR count). The smallest absolute Gasteiger partial charge is 0.412 e. The Morgan fingerprint density at radius 3 is 2.76 bits per heavy atom. The molecule has 1 aliphatic rings. The summed E-state index contributed by atoms with van der Waals surface area (Å²) in [4.78, 5) is 24.6. The lowest BCUT2D eigenvalue weighted by atomic mass is 10.0. The quantitative estimate of drug-likeness (QED) is 0.339. The van der Waals surface area contributed by atoms with Crippen LogP contribution in [0.3, 0.4) is 0 Å². The van der Waals surface area contributed by atoms with Gasteiger partial charge >= 0.3 is 6.09 Å². The van der Waals surface area contributed by atoms with Gasteiger partial charge in [-0.2, -0.15) is 5.10 Å². The van der Waals surface area contributed by atoms with E-state index < -0.39 is 11.7 Å². The Hall–Kier alpha value is -2.88. The Morgan fingerprint density at radius 1 is 1.21 bits per heavy atom. The zero-order chi connectivity index (χ0) is 20.8. The van der Waals surface area contributed by atoms with Gasteiger partial charge < -0.3 is 10.1 Å². The maximum atomic E-state index is 12.5. The first kappa shape index (κ1) is 19.4. The van der Waals surface area contributed by atoms with E-state index in [2.05, 4.69) is 43.4 Å². The first-order chi connectivity index (χ1) is 13.7. The van der Waals surface area contributed by atoms with Gasteiger partial charge in [0.1, 0.15) is 9.30 Å². The number of carbonyl (C=O) groups excluding carboxylic acids is 2. The van der Waals surface area contributed by atoms with Gasteiger partial charge in [-0.05, 0) is 85.3 Å². The molecule has 0 unspecified atom stereocenters. The van der Waals surface area contributed by atoms with Gasteiger partial charge in [0, 0.05) is 27.9 Å². The van der Waals surface area contributed by atoms with Crippen LogP contribution in [0, 0.1) is 3.70 Å². The van der Waals surface area contributed by atoms with E-state index in [0.29, 0.717) is 16.9 Å². The summed E-state index contributed by atoms with van der Waals surface area (Å²) >= 11 is 2.17. The van der Waals surface area contributed by atoms with Crippen LogP contribution in [0.15, 0.2) is 36.4 Å². The van der Waals surface area contributed by atoms with E-state index in [0.717, 1.165) is 25.7 Å². The molecule has 2 heterocycles. The number of aromatic amines is 1. The largest absolute Gasteiger partial charge is 0.444 e. The third-order valence-electron chi connectivity index (χ3n) is 4.30. The highest BCUT2D eigenvalue weighted by Gasteiger charge is 2.25. The summed E-state index contributed by atoms with van der Waals surface area (Å²) in [6.45, 7) is 5.41. The highest BCUT2D eigenvalue weighted by atomic mass is 127. The fourth-order valence-electron chi connectivity index (χ4n) is 3.09. The van der Waals surface area contributed by atoms with Gasteiger partial charge in [0.05, 0.1) is 5.52 Å². The van der Waals surface area contributed by atoms with Gasteiger partial charge in [0.25, 0.3) is 5.91 Å². The number of nitrogens with one attached hydrogen (secondary N) is 3. The average Bonchev–Trinajstić information content (AvgIpc) is 3.14. The van der Waals surface area contributed by atoms with E-state index in [1.54, 1.807) is 39.0 Å². The number of ether oxygens (including phenoxy) is 1. The van der Waals surface area contributed by atoms with E-state index in [4.69, 9.17) is 4.74 Å². The molecule has 0 radical (unpaired) electrons. The summed E-state index contributed by atoms with van der Waals surface area (Å²) in [7, 11) is 0. The number of aromatic nitrogens is 2. The second-order valence-corrected chi connectivity index (χ2v) is 8.74. The van der Waals surface area contributed by atoms with Crippen LogP contribution in [-0.4, -0.2) is 27.8 Å². The summed E-state index contributed by atoms with van der Waals surface area (Å²) in [6, 6.07) is 11.1. The molecule has 2 amide bonds. The van der Waals surface area contributed by atoms with Gasteiger partial charge in [0.2, 0.25) is 0 Å². The minimum Gasteiger partial charge on any atom is -0.444 e. The summed E-state index contributed by atoms with van der Waals surface area (Å²) in [5.74, 6) is -0.186. The minimum absolute atomic E-state index is 0.186. The molecule has 0 atom stereocenters. The van der Waals surface area contributed by atoms with Crippen molar-refractivity contribution in [1.82, 2.24) is 10.2 Å². The van der Waals surface area contributed by atoms with Crippen molar-refractivity contribution in [3.05, 3.63) is 51.2 Å². The number of nitrogens with zero attached hydrogens (tertiary/aromatic N) is 1. The number of benzene rings is 2. The number of anilines is 2. The normalized spacial score (nSPS) is 14.8. The van der Waals surface area contributed by atoms with Crippen molar-refractivity contribution in [2.24, 2.45) is 0 Å². The van der Waals surface area contributed by atoms with Crippen molar-refractivity contribution in [3.8, 4) is 0 Å². The molecule has 29 heavy (non-hydrogen) atoms. The molecule has 8 heteroatoms. The molecule has 1 aliphatic heterocycles. The number of fused-ring (bicyclic) bond motifs is 2. The predicted octanol–water partition coefficient (Wildman–Crippen LogP) is 5.01. The van der Waals surface area contributed by atoms with Crippen molar-refractivity contribution < 1.29 is 14.3 Å². The van der Waals surface area contributed by atoms with Gasteiger partial charge in [0.15, 0.2) is 0 Å². The van der Waals surface area contributed by atoms with Crippen LogP contribution in [0.25, 0.3) is 22.6 Å². The molecule has 0 saturated carbocycles. The van der Waals surface area contributed by atoms with Gasteiger partial charge in [-0.15, -0.1) is 0 Å². The highest BCUT2D eigenvalue weighted by molar-refractivity contribution is 14.1. The molecule has 0 fully saturated rings. The second kappa shape index (κ2) is 7.18. The Kier molecular flexibility index (Phi) is 4.81. The lowest BCUT2D eigenvalue weighted by Crippen LogP contribution is -2.27. The summed E-state index contributed by atoms with van der Waals surface area (Å²) in [5.41, 5.74) is 3.70. The number of rotatable bonds is 2. The first-order valence-corrected chi connectivity index (χ1v) is 10.1. The van der Waals surface area contributed by atoms with E-state index in [-0.39, 0.29) is 5.91 Å². The second-order valence-electron chi connectivity index (χ2n) is 7.72. The lowest BCUT2D eigenvalue weighted by molar-refractivity contribution is -0.110. The standard InChI is InChI=1S/C21H19IN4O3/c1-21(2,3)29-20(28)23-12-5-7-16-14(10-12)15(19(27)24-16)8-11-4-6-13-17(9-11)25-26-18(13)22/h4-10H,1-3H3,(H,23,28)(H,24,27)(H,25,26)/b15-8-. The fourth-order valence-corrected chi connectivity index (χ4v) is 3.68. The molecular formula is C21H19IN4O3. The number of hydrogen-bond donors (Lipinski definition) is 3. The van der Waals surface area contributed by atoms with Crippen molar-refractivity contribution in [2.75, 3.05) is 10.6 Å². The van der Waals surface area contributed by atoms with Crippen LogP contribution in [0.5, 0.6) is 0 Å². The molecule has 1 aromatic heterocycles. The Labute approximate surface area is 181 Å². The number of amides is 2. The average molecular weight is 502 g/mol. The van der Waals surface area contributed by atoms with Crippen molar-refractivity contribution >= 4 is 68.5 Å². The molecular weight excluding hydrogens is 483 g/mol. The van der Waals surface area contributed by atoms with Crippen molar-refractivity contribution in [3.63, 3.8) is 0 Å². The fraction of sp³-hybridized carbons (Fsp3) is 0.190. The molecule has 7 nitrogen and oxygen atoms in total. The van der Waals surface area contributed by atoms with Gasteiger partial charge in [-0.25, -0.2) is 4.79 Å². The predicted molar refractivity (Wildman–Crippen MR) is 122 cm³/mol. The molecule has 0 spiro atoms. The third kappa shape index (κ3) is 4.12. The van der Waals surface area contributed by atoms with Crippen molar-refractivity contribution in [1.29, 1.82) is 0 Å². The Balaban J connectivity index is 1.65. The molecule has 0 aliphatic carbocycles. The third-order valence-corrected chi connectivity index (χ3v) is 5.12. The van der Waals surface area contributed by atoms with Crippen LogP contribution in [-0.2, 0) is 9.53 Å². The number of halogens is 1. The van der Waals surface area contributed by atoms with Crippen LogP contribution >= 0.6 is 22.6 Å². The Morgan fingerprint density at radius 2 is 2.00 bits per heavy atom. The summed E-state index contributed by atoms with van der Waals surface area (Å²) in [6.07, 6.45) is 1.28. The number of H-pyrrole nitrogens is 1. The monoisotopic (exact) mass is 502 g/mol. The van der Waals surface area contributed by atoms with Crippen LogP contribution in [0.4, 0.5) is 16.2 Å². The van der Waals surface area contributed by atoms with E-state index in [1.807, 2.05) is 24.3 Å². The number of carbonyl (C=O) groups is 2. The highest BCUT2D eigenvalue weighted by Crippen LogP contribution is 2.35. The van der Waals surface area contributed by atoms with Crippen LogP contribution < -0.4 is 10.6 Å². The van der Waals surface area contributed by atoms with Crippen LogP contribution in [0.2, 0.25) is 0 Å². The molecule has 3 N–H and O–H groups in total. The van der Waals surface area contributed by atoms with E-state index >= 15 is 0 Å². The molecule has 2 aromatic carbocycles. The SMILES string of the molecule is CC(C)(C)OC(=O)Nc1ccc2c(c1)/C(=C/c1ccc3c(I)n[nH]c3c1)C(=O)N2.